The number of H-pyrrole nitrogens is 1. The number of aromatic nitrogens is 2. The Bertz CT molecular complexity index is 1200. The van der Waals surface area contributed by atoms with Crippen LogP contribution >= 0.6 is 0 Å². The minimum absolute atomic E-state index is 0.298. The third-order valence-electron chi connectivity index (χ3n) is 7.53. The van der Waals surface area contributed by atoms with Gasteiger partial charge in [0.1, 0.15) is 5.82 Å². The van der Waals surface area contributed by atoms with Crippen molar-refractivity contribution in [3.8, 4) is 6.07 Å². The molecule has 2 aromatic carbocycles. The fourth-order valence-corrected chi connectivity index (χ4v) is 5.43. The molecule has 8 heteroatoms. The minimum Gasteiger partial charge on any atom is -0.303 e. The molecule has 1 unspecified atom stereocenters. The van der Waals surface area contributed by atoms with Crippen LogP contribution in [-0.2, 0) is 11.6 Å². The van der Waals surface area contributed by atoms with Crippen LogP contribution in [0.4, 0.5) is 17.6 Å². The van der Waals surface area contributed by atoms with E-state index in [2.05, 4.69) is 21.2 Å². The molecule has 1 atom stereocenters. The molecule has 0 amide bonds. The number of hydrogen-bond acceptors (Lipinski definition) is 3. The molecule has 36 heavy (non-hydrogen) atoms. The third kappa shape index (κ3) is 5.73. The Morgan fingerprint density at radius 3 is 2.47 bits per heavy atom. The van der Waals surface area contributed by atoms with Gasteiger partial charge in [0.25, 0.3) is 0 Å². The van der Waals surface area contributed by atoms with Crippen LogP contribution in [0.3, 0.4) is 0 Å². The van der Waals surface area contributed by atoms with E-state index in [4.69, 9.17) is 0 Å². The highest BCUT2D eigenvalue weighted by atomic mass is 19.4. The summed E-state index contributed by atoms with van der Waals surface area (Å²) in [5.41, 5.74) is 0.542. The van der Waals surface area contributed by atoms with Gasteiger partial charge in [-0.15, -0.1) is 0 Å². The lowest BCUT2D eigenvalue weighted by Crippen LogP contribution is -2.35. The van der Waals surface area contributed by atoms with Crippen molar-refractivity contribution in [2.24, 2.45) is 0 Å². The van der Waals surface area contributed by atoms with Crippen molar-refractivity contribution in [3.63, 3.8) is 0 Å². The molecule has 2 heterocycles. The number of fused-ring (bicyclic) bond motifs is 1. The second-order valence-electron chi connectivity index (χ2n) is 9.89. The Kier molecular flexibility index (Phi) is 7.99. The molecular formula is C28H32F4N4. The molecule has 1 aromatic heterocycles. The number of piperidine rings is 1. The van der Waals surface area contributed by atoms with E-state index in [0.29, 0.717) is 29.8 Å². The van der Waals surface area contributed by atoms with Crippen molar-refractivity contribution in [3.05, 3.63) is 65.1 Å². The topological polar surface area (TPSA) is 55.7 Å². The van der Waals surface area contributed by atoms with Crippen LogP contribution in [0.25, 0.3) is 10.9 Å². The Morgan fingerprint density at radius 1 is 1.06 bits per heavy atom. The molecule has 0 saturated carbocycles. The zero-order chi connectivity index (χ0) is 25.8. The summed E-state index contributed by atoms with van der Waals surface area (Å²) in [6.07, 6.45) is 0.953. The molecular weight excluding hydrogens is 468 g/mol. The van der Waals surface area contributed by atoms with Crippen molar-refractivity contribution >= 4 is 10.9 Å². The molecule has 1 aliphatic rings. The van der Waals surface area contributed by atoms with E-state index in [1.165, 1.54) is 18.2 Å². The van der Waals surface area contributed by atoms with Crippen molar-refractivity contribution in [1.82, 2.24) is 15.1 Å². The lowest BCUT2D eigenvalue weighted by atomic mass is 9.73. The number of halogens is 4. The Hall–Kier alpha value is -2.92. The first kappa shape index (κ1) is 26.2. The summed E-state index contributed by atoms with van der Waals surface area (Å²) >= 11 is 0. The second-order valence-corrected chi connectivity index (χ2v) is 9.89. The SMILES string of the molecule is CCCCC(C#N)(CCCN1CCC(c2[nH]nc3cc(F)ccc23)CC1)c1cccc(C(F)(F)F)c1. The van der Waals surface area contributed by atoms with Gasteiger partial charge in [-0.1, -0.05) is 38.0 Å². The predicted molar refractivity (Wildman–Crippen MR) is 132 cm³/mol. The van der Waals surface area contributed by atoms with Crippen LogP contribution < -0.4 is 0 Å². The van der Waals surface area contributed by atoms with Crippen LogP contribution in [-0.4, -0.2) is 34.7 Å². The number of benzene rings is 2. The monoisotopic (exact) mass is 500 g/mol. The molecule has 4 nitrogen and oxygen atoms in total. The van der Waals surface area contributed by atoms with Crippen LogP contribution in [0.1, 0.15) is 74.6 Å². The number of nitrogens with zero attached hydrogens (tertiary/aromatic N) is 3. The maximum absolute atomic E-state index is 13.5. The van der Waals surface area contributed by atoms with Gasteiger partial charge in [-0.3, -0.25) is 5.10 Å². The van der Waals surface area contributed by atoms with E-state index in [-0.39, 0.29) is 5.82 Å². The van der Waals surface area contributed by atoms with Crippen LogP contribution in [0, 0.1) is 17.1 Å². The average Bonchev–Trinajstić information content (AvgIpc) is 3.29. The molecule has 1 N–H and O–H groups in total. The van der Waals surface area contributed by atoms with E-state index in [0.717, 1.165) is 75.0 Å². The quantitative estimate of drug-likeness (QED) is 0.313. The van der Waals surface area contributed by atoms with Gasteiger partial charge in [-0.25, -0.2) is 4.39 Å². The van der Waals surface area contributed by atoms with Crippen LogP contribution in [0.15, 0.2) is 42.5 Å². The van der Waals surface area contributed by atoms with E-state index in [9.17, 15) is 22.8 Å². The summed E-state index contributed by atoms with van der Waals surface area (Å²) in [6.45, 7) is 4.61. The molecule has 0 aliphatic carbocycles. The first-order chi connectivity index (χ1) is 17.3. The zero-order valence-corrected chi connectivity index (χ0v) is 20.5. The Balaban J connectivity index is 1.38. The number of aromatic amines is 1. The lowest BCUT2D eigenvalue weighted by molar-refractivity contribution is -0.137. The Morgan fingerprint density at radius 2 is 1.78 bits per heavy atom. The molecule has 1 aliphatic heterocycles. The molecule has 1 saturated heterocycles. The highest BCUT2D eigenvalue weighted by Crippen LogP contribution is 2.38. The summed E-state index contributed by atoms with van der Waals surface area (Å²) in [6, 6.07) is 12.4. The zero-order valence-electron chi connectivity index (χ0n) is 20.5. The number of unbranched alkanes of at least 4 members (excludes halogenated alkanes) is 1. The summed E-state index contributed by atoms with van der Waals surface area (Å²) in [5, 5.41) is 18.5. The Labute approximate surface area is 209 Å². The molecule has 3 aromatic rings. The highest BCUT2D eigenvalue weighted by molar-refractivity contribution is 5.81. The number of hydrogen-bond donors (Lipinski definition) is 1. The largest absolute Gasteiger partial charge is 0.416 e. The average molecular weight is 501 g/mol. The van der Waals surface area contributed by atoms with Crippen molar-refractivity contribution in [2.45, 2.75) is 69.4 Å². The molecule has 4 rings (SSSR count). The second kappa shape index (κ2) is 11.0. The van der Waals surface area contributed by atoms with E-state index in [1.54, 1.807) is 12.1 Å². The van der Waals surface area contributed by atoms with Gasteiger partial charge in [-0.2, -0.15) is 23.5 Å². The number of likely N-dealkylation sites (tertiary alicyclic amines) is 1. The highest BCUT2D eigenvalue weighted by Gasteiger charge is 2.36. The summed E-state index contributed by atoms with van der Waals surface area (Å²) < 4.78 is 53.5. The van der Waals surface area contributed by atoms with Gasteiger partial charge in [0.05, 0.1) is 22.6 Å². The smallest absolute Gasteiger partial charge is 0.303 e. The fourth-order valence-electron chi connectivity index (χ4n) is 5.43. The first-order valence-corrected chi connectivity index (χ1v) is 12.7. The summed E-state index contributed by atoms with van der Waals surface area (Å²) in [4.78, 5) is 2.36. The van der Waals surface area contributed by atoms with E-state index >= 15 is 0 Å². The van der Waals surface area contributed by atoms with Crippen LogP contribution in [0.2, 0.25) is 0 Å². The molecule has 192 valence electrons. The third-order valence-corrected chi connectivity index (χ3v) is 7.53. The van der Waals surface area contributed by atoms with Crippen molar-refractivity contribution in [2.75, 3.05) is 19.6 Å². The van der Waals surface area contributed by atoms with Gasteiger partial charge >= 0.3 is 6.18 Å². The molecule has 0 radical (unpaired) electrons. The van der Waals surface area contributed by atoms with E-state index in [1.807, 2.05) is 6.92 Å². The van der Waals surface area contributed by atoms with Gasteiger partial charge in [0.15, 0.2) is 0 Å². The number of nitriles is 1. The molecule has 1 fully saturated rings. The maximum atomic E-state index is 13.5. The lowest BCUT2D eigenvalue weighted by Gasteiger charge is -2.33. The summed E-state index contributed by atoms with van der Waals surface area (Å²) in [7, 11) is 0. The predicted octanol–water partition coefficient (Wildman–Crippen LogP) is 7.33. The molecule has 0 bridgehead atoms. The maximum Gasteiger partial charge on any atom is 0.416 e. The van der Waals surface area contributed by atoms with Crippen molar-refractivity contribution < 1.29 is 17.6 Å². The number of alkyl halides is 3. The summed E-state index contributed by atoms with van der Waals surface area (Å²) in [5.74, 6) is 0.0254. The minimum atomic E-state index is -4.43. The number of nitrogens with one attached hydrogen (secondary N) is 1. The standard InChI is InChI=1S/C28H32F4N4/c1-2-3-12-27(19-33,21-6-4-7-22(17-21)28(30,31)32)13-5-14-36-15-10-20(11-16-36)26-24-9-8-23(29)18-25(24)34-35-26/h4,6-9,17-18,20H,2-3,5,10-16H2,1H3,(H,34,35). The first-order valence-electron chi connectivity index (χ1n) is 12.7. The van der Waals surface area contributed by atoms with Gasteiger partial charge in [0.2, 0.25) is 0 Å². The van der Waals surface area contributed by atoms with Gasteiger partial charge in [-0.05, 0) is 75.5 Å². The normalized spacial score (nSPS) is 17.2. The van der Waals surface area contributed by atoms with Gasteiger partial charge < -0.3 is 4.90 Å². The number of rotatable bonds is 9. The molecule has 0 spiro atoms. The fraction of sp³-hybridized carbons (Fsp3) is 0.500. The van der Waals surface area contributed by atoms with Crippen molar-refractivity contribution in [1.29, 1.82) is 5.26 Å². The van der Waals surface area contributed by atoms with Gasteiger partial charge in [0, 0.05) is 23.1 Å². The van der Waals surface area contributed by atoms with E-state index < -0.39 is 17.2 Å². The van der Waals surface area contributed by atoms with Crippen LogP contribution in [0.5, 0.6) is 0 Å².